The summed E-state index contributed by atoms with van der Waals surface area (Å²) in [5.41, 5.74) is 2.17. The van der Waals surface area contributed by atoms with E-state index in [1.54, 1.807) is 18.4 Å². The van der Waals surface area contributed by atoms with E-state index >= 15 is 0 Å². The molecule has 1 aromatic heterocycles. The number of thiazole rings is 1. The number of rotatable bonds is 9. The summed E-state index contributed by atoms with van der Waals surface area (Å²) < 4.78 is 5.78. The van der Waals surface area contributed by atoms with Gasteiger partial charge in [0.2, 0.25) is 0 Å². The van der Waals surface area contributed by atoms with Gasteiger partial charge >= 0.3 is 0 Å². The lowest BCUT2D eigenvalue weighted by molar-refractivity contribution is 0.0258. The number of aromatic nitrogens is 1. The summed E-state index contributed by atoms with van der Waals surface area (Å²) in [6, 6.07) is 10.3. The van der Waals surface area contributed by atoms with Crippen molar-refractivity contribution in [3.05, 3.63) is 41.4 Å². The molecular formula is C20H30N4OS. The molecule has 0 saturated heterocycles. The zero-order chi connectivity index (χ0) is 18.8. The van der Waals surface area contributed by atoms with Crippen molar-refractivity contribution in [2.45, 2.75) is 39.8 Å². The second-order valence-corrected chi connectivity index (χ2v) is 7.25. The summed E-state index contributed by atoms with van der Waals surface area (Å²) in [6.45, 7) is 8.67. The number of guanidine groups is 1. The molecular weight excluding hydrogens is 344 g/mol. The lowest BCUT2D eigenvalue weighted by Gasteiger charge is -2.21. The fourth-order valence-corrected chi connectivity index (χ4v) is 3.48. The van der Waals surface area contributed by atoms with Gasteiger partial charge in [0.05, 0.1) is 18.3 Å². The van der Waals surface area contributed by atoms with E-state index in [1.807, 2.05) is 25.1 Å². The third-order valence-electron chi connectivity index (χ3n) is 4.08. The Bertz CT molecular complexity index is 669. The summed E-state index contributed by atoms with van der Waals surface area (Å²) >= 11 is 1.66. The van der Waals surface area contributed by atoms with E-state index in [2.05, 4.69) is 47.0 Å². The summed E-state index contributed by atoms with van der Waals surface area (Å²) in [5, 5.41) is 9.82. The molecule has 0 aliphatic heterocycles. The van der Waals surface area contributed by atoms with E-state index in [9.17, 15) is 0 Å². The average Bonchev–Trinajstić information content (AvgIpc) is 3.13. The molecule has 0 fully saturated rings. The third-order valence-corrected chi connectivity index (χ3v) is 5.02. The number of hydrogen-bond acceptors (Lipinski definition) is 4. The summed E-state index contributed by atoms with van der Waals surface area (Å²) in [5.74, 6) is 1.30. The fraction of sp³-hybridized carbons (Fsp3) is 0.500. The maximum absolute atomic E-state index is 5.78. The van der Waals surface area contributed by atoms with Gasteiger partial charge in [-0.3, -0.25) is 4.99 Å². The molecule has 0 spiro atoms. The van der Waals surface area contributed by atoms with Gasteiger partial charge in [-0.15, -0.1) is 11.3 Å². The molecule has 6 heteroatoms. The first-order chi connectivity index (χ1) is 12.6. The van der Waals surface area contributed by atoms with E-state index in [-0.39, 0.29) is 6.10 Å². The average molecular weight is 375 g/mol. The Morgan fingerprint density at radius 3 is 2.65 bits per heavy atom. The maximum atomic E-state index is 5.78. The number of nitrogens with one attached hydrogen (secondary N) is 2. The van der Waals surface area contributed by atoms with Crippen LogP contribution in [0.5, 0.6) is 0 Å². The van der Waals surface area contributed by atoms with Crippen molar-refractivity contribution < 1.29 is 4.74 Å². The smallest absolute Gasteiger partial charge is 0.191 e. The fourth-order valence-electron chi connectivity index (χ4n) is 2.65. The van der Waals surface area contributed by atoms with Gasteiger partial charge in [0.1, 0.15) is 5.01 Å². The largest absolute Gasteiger partial charge is 0.378 e. The van der Waals surface area contributed by atoms with Gasteiger partial charge in [-0.1, -0.05) is 44.2 Å². The first kappa shape index (κ1) is 20.4. The first-order valence-electron chi connectivity index (χ1n) is 9.20. The summed E-state index contributed by atoms with van der Waals surface area (Å²) in [7, 11) is 1.79. The molecule has 2 aromatic rings. The number of nitrogens with zero attached hydrogens (tertiary/aromatic N) is 2. The van der Waals surface area contributed by atoms with Crippen LogP contribution in [0, 0.1) is 5.92 Å². The van der Waals surface area contributed by atoms with Crippen molar-refractivity contribution in [1.29, 1.82) is 0 Å². The quantitative estimate of drug-likeness (QED) is 0.516. The molecule has 0 bridgehead atoms. The van der Waals surface area contributed by atoms with Crippen LogP contribution in [-0.2, 0) is 11.3 Å². The minimum atomic E-state index is 0.276. The van der Waals surface area contributed by atoms with Crippen molar-refractivity contribution in [2.24, 2.45) is 10.9 Å². The highest BCUT2D eigenvalue weighted by Gasteiger charge is 2.13. The predicted molar refractivity (Wildman–Crippen MR) is 111 cm³/mol. The number of hydrogen-bond donors (Lipinski definition) is 2. The zero-order valence-electron chi connectivity index (χ0n) is 16.2. The Morgan fingerprint density at radius 1 is 1.23 bits per heavy atom. The predicted octanol–water partition coefficient (Wildman–Crippen LogP) is 3.93. The Labute approximate surface area is 160 Å². The second-order valence-electron chi connectivity index (χ2n) is 6.39. The lowest BCUT2D eigenvalue weighted by atomic mass is 10.0. The minimum absolute atomic E-state index is 0.276. The summed E-state index contributed by atoms with van der Waals surface area (Å²) in [6.07, 6.45) is 1.23. The van der Waals surface area contributed by atoms with Crippen molar-refractivity contribution in [2.75, 3.05) is 20.2 Å². The van der Waals surface area contributed by atoms with Crippen LogP contribution in [0.3, 0.4) is 0 Å². The van der Waals surface area contributed by atoms with E-state index in [0.717, 1.165) is 41.8 Å². The molecule has 142 valence electrons. The molecule has 0 saturated carbocycles. The van der Waals surface area contributed by atoms with Crippen LogP contribution in [0.2, 0.25) is 0 Å². The highest BCUT2D eigenvalue weighted by molar-refractivity contribution is 7.13. The van der Waals surface area contributed by atoms with Crippen LogP contribution in [0.4, 0.5) is 0 Å². The molecule has 0 amide bonds. The normalized spacial score (nSPS) is 13.0. The van der Waals surface area contributed by atoms with Crippen LogP contribution in [-0.4, -0.2) is 37.2 Å². The zero-order valence-corrected chi connectivity index (χ0v) is 17.0. The van der Waals surface area contributed by atoms with E-state index in [1.165, 1.54) is 0 Å². The van der Waals surface area contributed by atoms with Gasteiger partial charge in [-0.05, 0) is 19.3 Å². The van der Waals surface area contributed by atoms with Gasteiger partial charge in [0.15, 0.2) is 5.96 Å². The monoisotopic (exact) mass is 374 g/mol. The molecule has 1 aromatic carbocycles. The van der Waals surface area contributed by atoms with Gasteiger partial charge in [0.25, 0.3) is 0 Å². The number of aliphatic imine (C=N–C) groups is 1. The molecule has 1 unspecified atom stereocenters. The topological polar surface area (TPSA) is 58.5 Å². The molecule has 1 atom stereocenters. The van der Waals surface area contributed by atoms with Crippen LogP contribution >= 0.6 is 11.3 Å². The van der Waals surface area contributed by atoms with Crippen LogP contribution in [0.1, 0.15) is 32.9 Å². The Hall–Kier alpha value is -1.92. The molecule has 2 N–H and O–H groups in total. The van der Waals surface area contributed by atoms with Crippen molar-refractivity contribution in [3.63, 3.8) is 0 Å². The molecule has 5 nitrogen and oxygen atoms in total. The third kappa shape index (κ3) is 6.42. The molecule has 0 aliphatic carbocycles. The highest BCUT2D eigenvalue weighted by Crippen LogP contribution is 2.23. The Morgan fingerprint density at radius 2 is 2.00 bits per heavy atom. The second kappa shape index (κ2) is 10.9. The lowest BCUT2D eigenvalue weighted by Crippen LogP contribution is -2.39. The standard InChI is InChI=1S/C20H30N4OS/c1-5-25-18(15(2)3)11-12-22-20(21-4)23-13-17-14-26-19(24-17)16-9-7-6-8-10-16/h6-10,14-15,18H,5,11-13H2,1-4H3,(H2,21,22,23). The maximum Gasteiger partial charge on any atom is 0.191 e. The first-order valence-corrected chi connectivity index (χ1v) is 10.1. The molecule has 26 heavy (non-hydrogen) atoms. The molecule has 0 radical (unpaired) electrons. The van der Waals surface area contributed by atoms with Crippen LogP contribution < -0.4 is 10.6 Å². The van der Waals surface area contributed by atoms with Crippen molar-refractivity contribution in [1.82, 2.24) is 15.6 Å². The highest BCUT2D eigenvalue weighted by atomic mass is 32.1. The van der Waals surface area contributed by atoms with Gasteiger partial charge < -0.3 is 15.4 Å². The van der Waals surface area contributed by atoms with E-state index in [4.69, 9.17) is 9.72 Å². The molecule has 2 rings (SSSR count). The van der Waals surface area contributed by atoms with Gasteiger partial charge in [-0.2, -0.15) is 0 Å². The Balaban J connectivity index is 1.79. The van der Waals surface area contributed by atoms with Gasteiger partial charge in [0, 0.05) is 31.1 Å². The SMILES string of the molecule is CCOC(CCNC(=NC)NCc1csc(-c2ccccc2)n1)C(C)C. The van der Waals surface area contributed by atoms with Crippen molar-refractivity contribution >= 4 is 17.3 Å². The molecule has 1 heterocycles. The number of benzene rings is 1. The molecule has 0 aliphatic rings. The van der Waals surface area contributed by atoms with E-state index in [0.29, 0.717) is 12.5 Å². The number of ether oxygens (including phenoxy) is 1. The Kier molecular flexibility index (Phi) is 8.58. The van der Waals surface area contributed by atoms with Crippen LogP contribution in [0.25, 0.3) is 10.6 Å². The minimum Gasteiger partial charge on any atom is -0.378 e. The van der Waals surface area contributed by atoms with E-state index < -0.39 is 0 Å². The van der Waals surface area contributed by atoms with Crippen LogP contribution in [0.15, 0.2) is 40.7 Å². The van der Waals surface area contributed by atoms with Crippen molar-refractivity contribution in [3.8, 4) is 10.6 Å². The van der Waals surface area contributed by atoms with Gasteiger partial charge in [-0.25, -0.2) is 4.98 Å². The summed E-state index contributed by atoms with van der Waals surface area (Å²) in [4.78, 5) is 8.98.